The fraction of sp³-hybridized carbons (Fsp3) is 0.889. The standard InChI is InChI=1S/C18H29NO/c1-16-7-14-8-17(2,11-16)13-18(9-14,12-16)19-10-15-5-3-4-6-20-15/h4,6,14-15,19H,3,5,7-13H2,1-2H3. The van der Waals surface area contributed by atoms with Gasteiger partial charge in [0.1, 0.15) is 6.10 Å². The smallest absolute Gasteiger partial charge is 0.110 e. The summed E-state index contributed by atoms with van der Waals surface area (Å²) >= 11 is 0. The topological polar surface area (TPSA) is 21.3 Å². The molecule has 4 bridgehead atoms. The Morgan fingerprint density at radius 1 is 1.10 bits per heavy atom. The van der Waals surface area contributed by atoms with Crippen LogP contribution in [0.15, 0.2) is 12.3 Å². The predicted octanol–water partition coefficient (Wildman–Crippen LogP) is 4.02. The van der Waals surface area contributed by atoms with Crippen LogP contribution < -0.4 is 5.32 Å². The van der Waals surface area contributed by atoms with Crippen molar-refractivity contribution in [1.82, 2.24) is 5.32 Å². The Hall–Kier alpha value is -0.500. The first-order chi connectivity index (χ1) is 9.49. The maximum Gasteiger partial charge on any atom is 0.110 e. The van der Waals surface area contributed by atoms with Crippen molar-refractivity contribution >= 4 is 0 Å². The van der Waals surface area contributed by atoms with E-state index in [-0.39, 0.29) is 0 Å². The van der Waals surface area contributed by atoms with Crippen LogP contribution in [0.1, 0.15) is 65.2 Å². The Morgan fingerprint density at radius 3 is 2.45 bits per heavy atom. The minimum atomic E-state index is 0.397. The first-order valence-electron chi connectivity index (χ1n) is 8.54. The minimum absolute atomic E-state index is 0.397. The Morgan fingerprint density at radius 2 is 1.85 bits per heavy atom. The quantitative estimate of drug-likeness (QED) is 0.840. The van der Waals surface area contributed by atoms with Crippen molar-refractivity contribution in [1.29, 1.82) is 0 Å². The molecule has 0 radical (unpaired) electrons. The summed E-state index contributed by atoms with van der Waals surface area (Å²) in [4.78, 5) is 0. The molecule has 0 amide bonds. The molecule has 20 heavy (non-hydrogen) atoms. The van der Waals surface area contributed by atoms with Gasteiger partial charge in [-0.05, 0) is 74.2 Å². The molecular formula is C18H29NO. The van der Waals surface area contributed by atoms with E-state index in [1.165, 1.54) is 51.4 Å². The van der Waals surface area contributed by atoms with Crippen molar-refractivity contribution in [3.8, 4) is 0 Å². The van der Waals surface area contributed by atoms with E-state index in [4.69, 9.17) is 4.74 Å². The predicted molar refractivity (Wildman–Crippen MR) is 81.4 cm³/mol. The number of nitrogens with one attached hydrogen (secondary N) is 1. The summed E-state index contributed by atoms with van der Waals surface area (Å²) in [5.41, 5.74) is 1.64. The SMILES string of the molecule is CC12CC3CC(C)(C1)CC(NCC1CCC=CO1)(C3)C2. The van der Waals surface area contributed by atoms with Crippen LogP contribution in [0.5, 0.6) is 0 Å². The molecular weight excluding hydrogens is 246 g/mol. The van der Waals surface area contributed by atoms with Gasteiger partial charge in [-0.3, -0.25) is 0 Å². The third-order valence-electron chi connectivity index (χ3n) is 6.35. The molecule has 3 unspecified atom stereocenters. The minimum Gasteiger partial charge on any atom is -0.497 e. The summed E-state index contributed by atoms with van der Waals surface area (Å²) in [5.74, 6) is 0.973. The Balaban J connectivity index is 1.48. The van der Waals surface area contributed by atoms with Gasteiger partial charge in [0.2, 0.25) is 0 Å². The molecule has 4 aliphatic carbocycles. The van der Waals surface area contributed by atoms with Gasteiger partial charge in [0, 0.05) is 12.1 Å². The highest BCUT2D eigenvalue weighted by molar-refractivity contribution is 5.14. The molecule has 0 aromatic carbocycles. The first kappa shape index (κ1) is 13.2. The van der Waals surface area contributed by atoms with E-state index in [2.05, 4.69) is 25.2 Å². The highest BCUT2D eigenvalue weighted by Crippen LogP contribution is 2.66. The van der Waals surface area contributed by atoms with Crippen LogP contribution in [0.4, 0.5) is 0 Å². The number of hydrogen-bond acceptors (Lipinski definition) is 2. The summed E-state index contributed by atoms with van der Waals surface area (Å²) in [5, 5.41) is 3.99. The van der Waals surface area contributed by atoms with Crippen LogP contribution in [-0.4, -0.2) is 18.2 Å². The van der Waals surface area contributed by atoms with Gasteiger partial charge < -0.3 is 10.1 Å². The second-order valence-electron chi connectivity index (χ2n) is 9.00. The van der Waals surface area contributed by atoms with E-state index < -0.39 is 0 Å². The molecule has 5 rings (SSSR count). The summed E-state index contributed by atoms with van der Waals surface area (Å²) in [6.07, 6.45) is 15.4. The zero-order chi connectivity index (χ0) is 13.8. The molecule has 4 saturated carbocycles. The summed E-state index contributed by atoms with van der Waals surface area (Å²) in [7, 11) is 0. The molecule has 0 aromatic rings. The Bertz CT molecular complexity index is 411. The third-order valence-corrected chi connectivity index (χ3v) is 6.35. The van der Waals surface area contributed by atoms with Gasteiger partial charge >= 0.3 is 0 Å². The molecule has 0 aromatic heterocycles. The maximum absolute atomic E-state index is 5.75. The van der Waals surface area contributed by atoms with Gasteiger partial charge in [-0.15, -0.1) is 0 Å². The maximum atomic E-state index is 5.75. The normalized spacial score (nSPS) is 53.1. The number of rotatable bonds is 3. The summed E-state index contributed by atoms with van der Waals surface area (Å²) in [6.45, 7) is 6.14. The van der Waals surface area contributed by atoms with Crippen LogP contribution in [0.2, 0.25) is 0 Å². The number of allylic oxidation sites excluding steroid dienone is 1. The van der Waals surface area contributed by atoms with E-state index in [0.717, 1.165) is 12.5 Å². The van der Waals surface area contributed by atoms with Crippen LogP contribution in [0.3, 0.4) is 0 Å². The number of ether oxygens (including phenoxy) is 1. The largest absolute Gasteiger partial charge is 0.497 e. The van der Waals surface area contributed by atoms with E-state index in [0.29, 0.717) is 22.5 Å². The Labute approximate surface area is 123 Å². The molecule has 1 heterocycles. The lowest BCUT2D eigenvalue weighted by Gasteiger charge is -2.65. The zero-order valence-corrected chi connectivity index (χ0v) is 13.1. The van der Waals surface area contributed by atoms with Crippen molar-refractivity contribution in [2.45, 2.75) is 76.9 Å². The van der Waals surface area contributed by atoms with Crippen molar-refractivity contribution in [2.75, 3.05) is 6.54 Å². The van der Waals surface area contributed by atoms with Crippen molar-refractivity contribution in [2.24, 2.45) is 16.7 Å². The van der Waals surface area contributed by atoms with Gasteiger partial charge in [-0.25, -0.2) is 0 Å². The molecule has 1 N–H and O–H groups in total. The lowest BCUT2D eigenvalue weighted by molar-refractivity contribution is -0.119. The lowest BCUT2D eigenvalue weighted by atomic mass is 9.43. The molecule has 4 fully saturated rings. The monoisotopic (exact) mass is 275 g/mol. The highest BCUT2D eigenvalue weighted by Gasteiger charge is 2.59. The molecule has 112 valence electrons. The summed E-state index contributed by atoms with van der Waals surface area (Å²) < 4.78 is 5.75. The van der Waals surface area contributed by atoms with Gasteiger partial charge in [-0.2, -0.15) is 0 Å². The first-order valence-corrected chi connectivity index (χ1v) is 8.54. The van der Waals surface area contributed by atoms with Gasteiger partial charge in [0.25, 0.3) is 0 Å². The van der Waals surface area contributed by atoms with Crippen molar-refractivity contribution in [3.63, 3.8) is 0 Å². The van der Waals surface area contributed by atoms with E-state index in [9.17, 15) is 0 Å². The fourth-order valence-corrected chi connectivity index (χ4v) is 6.71. The van der Waals surface area contributed by atoms with E-state index >= 15 is 0 Å². The van der Waals surface area contributed by atoms with E-state index in [1.807, 2.05) is 6.26 Å². The van der Waals surface area contributed by atoms with Crippen LogP contribution in [0, 0.1) is 16.7 Å². The molecule has 0 saturated heterocycles. The van der Waals surface area contributed by atoms with E-state index in [1.54, 1.807) is 0 Å². The summed E-state index contributed by atoms with van der Waals surface area (Å²) in [6, 6.07) is 0. The second kappa shape index (κ2) is 4.25. The van der Waals surface area contributed by atoms with Crippen molar-refractivity contribution in [3.05, 3.63) is 12.3 Å². The Kier molecular flexibility index (Phi) is 2.80. The molecule has 5 aliphatic rings. The van der Waals surface area contributed by atoms with Gasteiger partial charge in [-0.1, -0.05) is 13.8 Å². The average molecular weight is 275 g/mol. The van der Waals surface area contributed by atoms with Gasteiger partial charge in [0.05, 0.1) is 6.26 Å². The lowest BCUT2D eigenvalue weighted by Crippen LogP contribution is -2.64. The average Bonchev–Trinajstić information content (AvgIpc) is 2.33. The van der Waals surface area contributed by atoms with Crippen LogP contribution in [0.25, 0.3) is 0 Å². The molecule has 1 aliphatic heterocycles. The molecule has 3 atom stereocenters. The molecule has 2 heteroatoms. The molecule has 0 spiro atoms. The second-order valence-corrected chi connectivity index (χ2v) is 9.00. The van der Waals surface area contributed by atoms with Crippen LogP contribution in [-0.2, 0) is 4.74 Å². The third kappa shape index (κ3) is 2.20. The highest BCUT2D eigenvalue weighted by atomic mass is 16.5. The zero-order valence-electron chi connectivity index (χ0n) is 13.1. The van der Waals surface area contributed by atoms with Crippen LogP contribution >= 0.6 is 0 Å². The van der Waals surface area contributed by atoms with Crippen molar-refractivity contribution < 1.29 is 4.74 Å². The van der Waals surface area contributed by atoms with Gasteiger partial charge in [0.15, 0.2) is 0 Å². The fourth-order valence-electron chi connectivity index (χ4n) is 6.71. The number of hydrogen-bond donors (Lipinski definition) is 1. The molecule has 2 nitrogen and oxygen atoms in total.